The molecule has 0 bridgehead atoms. The van der Waals surface area contributed by atoms with Crippen LogP contribution in [0.2, 0.25) is 0 Å². The van der Waals surface area contributed by atoms with E-state index >= 15 is 0 Å². The molecule has 0 unspecified atom stereocenters. The van der Waals surface area contributed by atoms with Crippen molar-refractivity contribution in [3.63, 3.8) is 0 Å². The lowest BCUT2D eigenvalue weighted by molar-refractivity contribution is -0.113. The summed E-state index contributed by atoms with van der Waals surface area (Å²) in [6, 6.07) is 9.97. The van der Waals surface area contributed by atoms with Gasteiger partial charge in [-0.05, 0) is 48.0 Å². The molecule has 1 heterocycles. The Kier molecular flexibility index (Phi) is 6.63. The Balaban J connectivity index is 1.93. The number of rotatable bonds is 6. The van der Waals surface area contributed by atoms with Gasteiger partial charge in [-0.25, -0.2) is 4.79 Å². The normalized spacial score (nSPS) is 14.8. The zero-order chi connectivity index (χ0) is 21.8. The predicted molar refractivity (Wildman–Crippen MR) is 120 cm³/mol. The first kappa shape index (κ1) is 21.7. The number of ether oxygens (including phenoxy) is 4. The van der Waals surface area contributed by atoms with Gasteiger partial charge in [0.05, 0.1) is 44.6 Å². The van der Waals surface area contributed by atoms with Crippen molar-refractivity contribution in [3.8, 4) is 17.2 Å². The summed E-state index contributed by atoms with van der Waals surface area (Å²) in [4.78, 5) is 26.5. The molecule has 30 heavy (non-hydrogen) atoms. The molecule has 9 heteroatoms. The van der Waals surface area contributed by atoms with Crippen molar-refractivity contribution in [2.75, 3.05) is 33.3 Å². The third-order valence-corrected chi connectivity index (χ3v) is 5.63. The summed E-state index contributed by atoms with van der Waals surface area (Å²) in [7, 11) is 5.89. The van der Waals surface area contributed by atoms with E-state index in [1.807, 2.05) is 0 Å². The van der Waals surface area contributed by atoms with E-state index in [0.29, 0.717) is 43.3 Å². The first-order valence-corrected chi connectivity index (χ1v) is 9.92. The number of hydrogen-bond acceptors (Lipinski definition) is 8. The van der Waals surface area contributed by atoms with E-state index in [1.54, 1.807) is 42.5 Å². The Bertz CT molecular complexity index is 1010. The molecule has 2 aromatic carbocycles. The smallest absolute Gasteiger partial charge is 0.337 e. The van der Waals surface area contributed by atoms with Gasteiger partial charge >= 0.3 is 5.97 Å². The van der Waals surface area contributed by atoms with Crippen molar-refractivity contribution in [2.45, 2.75) is 0 Å². The van der Waals surface area contributed by atoms with Crippen LogP contribution in [0.1, 0.15) is 15.9 Å². The van der Waals surface area contributed by atoms with Gasteiger partial charge in [-0.15, -0.1) is 0 Å². The highest BCUT2D eigenvalue weighted by molar-refractivity contribution is 8.27. The predicted octanol–water partition coefficient (Wildman–Crippen LogP) is 3.90. The topological polar surface area (TPSA) is 74.3 Å². The number of anilines is 1. The number of carbonyl (C=O) groups is 2. The van der Waals surface area contributed by atoms with Crippen molar-refractivity contribution in [3.05, 3.63) is 52.4 Å². The van der Waals surface area contributed by atoms with Gasteiger partial charge in [0.2, 0.25) is 5.75 Å². The highest BCUT2D eigenvalue weighted by atomic mass is 32.2. The van der Waals surface area contributed by atoms with Gasteiger partial charge in [-0.3, -0.25) is 9.69 Å². The summed E-state index contributed by atoms with van der Waals surface area (Å²) < 4.78 is 21.1. The summed E-state index contributed by atoms with van der Waals surface area (Å²) >= 11 is 6.59. The minimum absolute atomic E-state index is 0.260. The maximum atomic E-state index is 13.0. The largest absolute Gasteiger partial charge is 0.493 e. The maximum Gasteiger partial charge on any atom is 0.337 e. The molecule has 1 saturated heterocycles. The minimum Gasteiger partial charge on any atom is -0.493 e. The SMILES string of the molecule is COC(=O)c1ccc(N2C(=O)/C(=C/c3cc(OC)c(OC)c(OC)c3)SC2=S)cc1. The minimum atomic E-state index is -0.450. The van der Waals surface area contributed by atoms with Crippen molar-refractivity contribution in [2.24, 2.45) is 0 Å². The van der Waals surface area contributed by atoms with Crippen LogP contribution < -0.4 is 19.1 Å². The van der Waals surface area contributed by atoms with Crippen LogP contribution in [-0.2, 0) is 9.53 Å². The summed E-state index contributed by atoms with van der Waals surface area (Å²) in [6.45, 7) is 0. The Morgan fingerprint density at radius 2 is 1.60 bits per heavy atom. The van der Waals surface area contributed by atoms with Crippen LogP contribution in [0.5, 0.6) is 17.2 Å². The lowest BCUT2D eigenvalue weighted by Gasteiger charge is -2.15. The second-order valence-corrected chi connectivity index (χ2v) is 7.69. The fourth-order valence-electron chi connectivity index (χ4n) is 2.89. The molecule has 0 N–H and O–H groups in total. The van der Waals surface area contributed by atoms with E-state index in [-0.39, 0.29) is 5.91 Å². The van der Waals surface area contributed by atoms with Crippen LogP contribution in [0.3, 0.4) is 0 Å². The molecular weight excluding hydrogens is 426 g/mol. The fraction of sp³-hybridized carbons (Fsp3) is 0.190. The van der Waals surface area contributed by atoms with Gasteiger partial charge in [-0.2, -0.15) is 0 Å². The monoisotopic (exact) mass is 445 g/mol. The second kappa shape index (κ2) is 9.19. The van der Waals surface area contributed by atoms with Crippen molar-refractivity contribution >= 4 is 51.9 Å². The number of methoxy groups -OCH3 is 4. The molecule has 1 amide bonds. The number of hydrogen-bond donors (Lipinski definition) is 0. The molecule has 0 saturated carbocycles. The van der Waals surface area contributed by atoms with E-state index in [0.717, 1.165) is 0 Å². The average Bonchev–Trinajstić information content (AvgIpc) is 3.05. The summed E-state index contributed by atoms with van der Waals surface area (Å²) in [5, 5.41) is 0. The zero-order valence-corrected chi connectivity index (χ0v) is 18.4. The standard InChI is InChI=1S/C21H19NO6S2/c1-25-15-9-12(10-16(26-2)18(15)27-3)11-17-19(23)22(21(29)30-17)14-7-5-13(6-8-14)20(24)28-4/h5-11H,1-4H3/b17-11-. The Hall–Kier alpha value is -3.04. The van der Waals surface area contributed by atoms with Crippen molar-refractivity contribution in [1.29, 1.82) is 0 Å². The van der Waals surface area contributed by atoms with Gasteiger partial charge in [-0.1, -0.05) is 24.0 Å². The summed E-state index contributed by atoms with van der Waals surface area (Å²) in [5.74, 6) is 0.725. The van der Waals surface area contributed by atoms with Gasteiger partial charge in [0.25, 0.3) is 5.91 Å². The van der Waals surface area contributed by atoms with Crippen LogP contribution in [0.15, 0.2) is 41.3 Å². The van der Waals surface area contributed by atoms with Gasteiger partial charge in [0, 0.05) is 0 Å². The Labute approximate surface area is 183 Å². The van der Waals surface area contributed by atoms with Gasteiger partial charge in [0.15, 0.2) is 15.8 Å². The first-order chi connectivity index (χ1) is 14.4. The van der Waals surface area contributed by atoms with Crippen LogP contribution in [0.4, 0.5) is 5.69 Å². The summed E-state index contributed by atoms with van der Waals surface area (Å²) in [6.07, 6.45) is 1.71. The van der Waals surface area contributed by atoms with Crippen LogP contribution >= 0.6 is 24.0 Å². The molecule has 0 aromatic heterocycles. The molecule has 3 rings (SSSR count). The van der Waals surface area contributed by atoms with E-state index in [2.05, 4.69) is 0 Å². The molecule has 1 aliphatic rings. The van der Waals surface area contributed by atoms with E-state index in [1.165, 1.54) is 45.1 Å². The highest BCUT2D eigenvalue weighted by Gasteiger charge is 2.33. The number of amides is 1. The number of thiocarbonyl (C=S) groups is 1. The Morgan fingerprint density at radius 3 is 2.10 bits per heavy atom. The molecule has 2 aromatic rings. The quantitative estimate of drug-likeness (QED) is 0.377. The van der Waals surface area contributed by atoms with Gasteiger partial charge < -0.3 is 18.9 Å². The average molecular weight is 446 g/mol. The number of esters is 1. The van der Waals surface area contributed by atoms with Crippen LogP contribution in [0, 0.1) is 0 Å². The lowest BCUT2D eigenvalue weighted by Crippen LogP contribution is -2.27. The molecule has 0 spiro atoms. The molecule has 7 nitrogen and oxygen atoms in total. The maximum absolute atomic E-state index is 13.0. The number of nitrogens with zero attached hydrogens (tertiary/aromatic N) is 1. The fourth-order valence-corrected chi connectivity index (χ4v) is 4.19. The van der Waals surface area contributed by atoms with Crippen molar-refractivity contribution < 1.29 is 28.5 Å². The lowest BCUT2D eigenvalue weighted by atomic mass is 10.1. The number of thioether (sulfide) groups is 1. The van der Waals surface area contributed by atoms with Crippen LogP contribution in [0.25, 0.3) is 6.08 Å². The van der Waals surface area contributed by atoms with E-state index in [4.69, 9.17) is 31.2 Å². The molecule has 0 atom stereocenters. The third-order valence-electron chi connectivity index (χ3n) is 4.33. The van der Waals surface area contributed by atoms with Crippen molar-refractivity contribution in [1.82, 2.24) is 0 Å². The Morgan fingerprint density at radius 1 is 1.00 bits per heavy atom. The molecule has 1 fully saturated rings. The van der Waals surface area contributed by atoms with Crippen LogP contribution in [-0.4, -0.2) is 44.6 Å². The number of benzene rings is 2. The molecule has 1 aliphatic heterocycles. The second-order valence-electron chi connectivity index (χ2n) is 6.01. The first-order valence-electron chi connectivity index (χ1n) is 8.69. The molecule has 156 valence electrons. The van der Waals surface area contributed by atoms with Gasteiger partial charge in [0.1, 0.15) is 0 Å². The summed E-state index contributed by atoms with van der Waals surface area (Å²) in [5.41, 5.74) is 1.66. The van der Waals surface area contributed by atoms with E-state index < -0.39 is 5.97 Å². The van der Waals surface area contributed by atoms with E-state index in [9.17, 15) is 9.59 Å². The highest BCUT2D eigenvalue weighted by Crippen LogP contribution is 2.41. The molecular formula is C21H19NO6S2. The number of carbonyl (C=O) groups excluding carboxylic acids is 2. The molecule has 0 radical (unpaired) electrons. The molecule has 0 aliphatic carbocycles. The zero-order valence-electron chi connectivity index (χ0n) is 16.8. The third kappa shape index (κ3) is 4.12.